The molecule has 0 aromatic heterocycles. The van der Waals surface area contributed by atoms with E-state index in [-0.39, 0.29) is 12.1 Å². The number of aliphatic imine (C=N–C) groups is 1. The quantitative estimate of drug-likeness (QED) is 0.425. The lowest BCUT2D eigenvalue weighted by Gasteiger charge is -2.35. The number of hydrogen-bond acceptors (Lipinski definition) is 5. The van der Waals surface area contributed by atoms with Crippen LogP contribution in [0.3, 0.4) is 0 Å². The summed E-state index contributed by atoms with van der Waals surface area (Å²) in [6.45, 7) is 6.74. The molecule has 0 spiro atoms. The zero-order valence-corrected chi connectivity index (χ0v) is 15.7. The fraction of sp³-hybridized carbons (Fsp3) is 0.889. The summed E-state index contributed by atoms with van der Waals surface area (Å²) in [4.78, 5) is 18.0. The van der Waals surface area contributed by atoms with Gasteiger partial charge in [-0.3, -0.25) is 9.79 Å². The number of esters is 1. The number of hydrogen-bond donors (Lipinski definition) is 1. The lowest BCUT2D eigenvalue weighted by atomic mass is 10.1. The van der Waals surface area contributed by atoms with Crippen molar-refractivity contribution in [3.8, 4) is 0 Å². The van der Waals surface area contributed by atoms with E-state index in [0.29, 0.717) is 19.1 Å². The lowest BCUT2D eigenvalue weighted by Crippen LogP contribution is -2.47. The number of likely N-dealkylation sites (tertiary alicyclic amines) is 1. The minimum atomic E-state index is -0.225. The normalized spacial score (nSPS) is 22.7. The van der Waals surface area contributed by atoms with E-state index in [1.54, 1.807) is 0 Å². The molecule has 0 amide bonds. The van der Waals surface area contributed by atoms with Crippen LogP contribution < -0.4 is 5.32 Å². The Hall–Kier alpha value is -1.34. The van der Waals surface area contributed by atoms with Crippen LogP contribution in [0.4, 0.5) is 0 Å². The molecule has 1 atom stereocenters. The topological polar surface area (TPSA) is 72.4 Å². The van der Waals surface area contributed by atoms with Crippen molar-refractivity contribution in [1.82, 2.24) is 10.2 Å². The molecule has 1 N–H and O–H groups in total. The number of carbonyl (C=O) groups excluding carboxylic acids is 1. The minimum absolute atomic E-state index is 0.225. The Morgan fingerprint density at radius 1 is 1.28 bits per heavy atom. The van der Waals surface area contributed by atoms with Crippen LogP contribution in [0.25, 0.3) is 0 Å². The average molecular weight is 355 g/mol. The van der Waals surface area contributed by atoms with Gasteiger partial charge in [0.05, 0.1) is 38.9 Å². The highest BCUT2D eigenvalue weighted by Gasteiger charge is 2.23. The van der Waals surface area contributed by atoms with Crippen molar-refractivity contribution in [1.29, 1.82) is 0 Å². The number of piperidine rings is 1. The van der Waals surface area contributed by atoms with E-state index in [1.807, 2.05) is 0 Å². The third kappa shape index (κ3) is 7.20. The SMILES string of the molecule is CCNC(=NCCC(=O)OC)N1CCC(OCC2CCCCO2)CC1. The van der Waals surface area contributed by atoms with Crippen LogP contribution in [-0.4, -0.2) is 75.5 Å². The van der Waals surface area contributed by atoms with Crippen LogP contribution in [0, 0.1) is 0 Å². The van der Waals surface area contributed by atoms with Gasteiger partial charge >= 0.3 is 5.97 Å². The largest absolute Gasteiger partial charge is 0.469 e. The molecular weight excluding hydrogens is 322 g/mol. The van der Waals surface area contributed by atoms with E-state index in [0.717, 1.165) is 58.1 Å². The molecule has 7 heteroatoms. The predicted octanol–water partition coefficient (Wildman–Crippen LogP) is 1.57. The zero-order chi connectivity index (χ0) is 17.9. The molecule has 2 heterocycles. The zero-order valence-electron chi connectivity index (χ0n) is 15.7. The van der Waals surface area contributed by atoms with Gasteiger partial charge in [0.15, 0.2) is 5.96 Å². The van der Waals surface area contributed by atoms with E-state index in [1.165, 1.54) is 20.0 Å². The van der Waals surface area contributed by atoms with Crippen LogP contribution in [0.2, 0.25) is 0 Å². The van der Waals surface area contributed by atoms with Gasteiger partial charge < -0.3 is 24.4 Å². The Kier molecular flexibility index (Phi) is 9.04. The Morgan fingerprint density at radius 3 is 2.72 bits per heavy atom. The van der Waals surface area contributed by atoms with Crippen molar-refractivity contribution in [2.24, 2.45) is 4.99 Å². The molecule has 2 fully saturated rings. The van der Waals surface area contributed by atoms with Crippen LogP contribution in [0.1, 0.15) is 45.4 Å². The summed E-state index contributed by atoms with van der Waals surface area (Å²) in [5.74, 6) is 0.650. The highest BCUT2D eigenvalue weighted by atomic mass is 16.5. The smallest absolute Gasteiger partial charge is 0.307 e. The van der Waals surface area contributed by atoms with Crippen LogP contribution >= 0.6 is 0 Å². The molecule has 0 saturated carbocycles. The monoisotopic (exact) mass is 355 g/mol. The van der Waals surface area contributed by atoms with Gasteiger partial charge in [-0.2, -0.15) is 0 Å². The summed E-state index contributed by atoms with van der Waals surface area (Å²) in [6.07, 6.45) is 6.44. The predicted molar refractivity (Wildman–Crippen MR) is 96.7 cm³/mol. The third-order valence-corrected chi connectivity index (χ3v) is 4.67. The van der Waals surface area contributed by atoms with Crippen LogP contribution in [0.15, 0.2) is 4.99 Å². The Morgan fingerprint density at radius 2 is 2.08 bits per heavy atom. The first-order valence-electron chi connectivity index (χ1n) is 9.56. The molecule has 0 bridgehead atoms. The molecule has 2 saturated heterocycles. The lowest BCUT2D eigenvalue weighted by molar-refractivity contribution is -0.140. The third-order valence-electron chi connectivity index (χ3n) is 4.67. The van der Waals surface area contributed by atoms with Gasteiger partial charge in [-0.1, -0.05) is 0 Å². The van der Waals surface area contributed by atoms with Crippen LogP contribution in [0.5, 0.6) is 0 Å². The van der Waals surface area contributed by atoms with Crippen LogP contribution in [-0.2, 0) is 19.0 Å². The number of rotatable bonds is 7. The molecule has 1 unspecified atom stereocenters. The first-order valence-corrected chi connectivity index (χ1v) is 9.56. The van der Waals surface area contributed by atoms with Crippen molar-refractivity contribution < 1.29 is 19.0 Å². The molecule has 0 aromatic carbocycles. The Bertz CT molecular complexity index is 417. The first-order chi connectivity index (χ1) is 12.2. The molecule has 144 valence electrons. The van der Waals surface area contributed by atoms with Crippen molar-refractivity contribution in [3.05, 3.63) is 0 Å². The summed E-state index contributed by atoms with van der Waals surface area (Å²) in [5.41, 5.74) is 0. The number of nitrogens with one attached hydrogen (secondary N) is 1. The van der Waals surface area contributed by atoms with Gasteiger partial charge in [-0.15, -0.1) is 0 Å². The summed E-state index contributed by atoms with van der Waals surface area (Å²) >= 11 is 0. The maximum absolute atomic E-state index is 11.2. The van der Waals surface area contributed by atoms with E-state index in [4.69, 9.17) is 9.47 Å². The maximum atomic E-state index is 11.2. The van der Waals surface area contributed by atoms with Crippen molar-refractivity contribution in [2.75, 3.05) is 46.5 Å². The highest BCUT2D eigenvalue weighted by molar-refractivity contribution is 5.80. The highest BCUT2D eigenvalue weighted by Crippen LogP contribution is 2.18. The average Bonchev–Trinajstić information content (AvgIpc) is 2.67. The molecule has 7 nitrogen and oxygen atoms in total. The van der Waals surface area contributed by atoms with Gasteiger partial charge in [-0.25, -0.2) is 0 Å². The summed E-state index contributed by atoms with van der Waals surface area (Å²) in [7, 11) is 1.40. The van der Waals surface area contributed by atoms with E-state index in [9.17, 15) is 4.79 Å². The molecule has 25 heavy (non-hydrogen) atoms. The molecule has 0 radical (unpaired) electrons. The maximum Gasteiger partial charge on any atom is 0.307 e. The fourth-order valence-electron chi connectivity index (χ4n) is 3.20. The fourth-order valence-corrected chi connectivity index (χ4v) is 3.20. The van der Waals surface area contributed by atoms with Gasteiger partial charge in [0, 0.05) is 26.2 Å². The van der Waals surface area contributed by atoms with Crippen molar-refractivity contribution >= 4 is 11.9 Å². The number of methoxy groups -OCH3 is 1. The summed E-state index contributed by atoms with van der Waals surface area (Å²) in [5, 5.41) is 3.31. The first kappa shape index (κ1) is 20.0. The van der Waals surface area contributed by atoms with Crippen molar-refractivity contribution in [2.45, 2.75) is 57.7 Å². The molecular formula is C18H33N3O4. The van der Waals surface area contributed by atoms with Gasteiger partial charge in [-0.05, 0) is 39.0 Å². The Labute approximate surface area is 151 Å². The number of guanidine groups is 1. The molecule has 2 aliphatic rings. The second-order valence-electron chi connectivity index (χ2n) is 6.57. The Balaban J connectivity index is 1.71. The second kappa shape index (κ2) is 11.3. The van der Waals surface area contributed by atoms with E-state index < -0.39 is 0 Å². The van der Waals surface area contributed by atoms with Gasteiger partial charge in [0.2, 0.25) is 0 Å². The molecule has 2 aliphatic heterocycles. The standard InChI is InChI=1S/C18H33N3O4/c1-3-19-18(20-10-7-17(22)23-2)21-11-8-15(9-12-21)25-14-16-6-4-5-13-24-16/h15-16H,3-14H2,1-2H3,(H,19,20). The molecule has 0 aliphatic carbocycles. The molecule has 2 rings (SSSR count). The van der Waals surface area contributed by atoms with Gasteiger partial charge in [0.25, 0.3) is 0 Å². The van der Waals surface area contributed by atoms with E-state index >= 15 is 0 Å². The number of ether oxygens (including phenoxy) is 3. The number of nitrogens with zero attached hydrogens (tertiary/aromatic N) is 2. The molecule has 0 aromatic rings. The minimum Gasteiger partial charge on any atom is -0.469 e. The van der Waals surface area contributed by atoms with Crippen molar-refractivity contribution in [3.63, 3.8) is 0 Å². The number of carbonyl (C=O) groups is 1. The summed E-state index contributed by atoms with van der Waals surface area (Å²) in [6, 6.07) is 0. The summed E-state index contributed by atoms with van der Waals surface area (Å²) < 4.78 is 16.5. The van der Waals surface area contributed by atoms with Gasteiger partial charge in [0.1, 0.15) is 0 Å². The van der Waals surface area contributed by atoms with E-state index in [2.05, 4.69) is 26.9 Å². The second-order valence-corrected chi connectivity index (χ2v) is 6.57.